The van der Waals surface area contributed by atoms with Gasteiger partial charge in [-0.3, -0.25) is 0 Å². The molecule has 14 heavy (non-hydrogen) atoms. The van der Waals surface area contributed by atoms with Gasteiger partial charge in [0, 0.05) is 7.05 Å². The molecule has 0 saturated heterocycles. The van der Waals surface area contributed by atoms with E-state index in [9.17, 15) is 9.90 Å². The van der Waals surface area contributed by atoms with Gasteiger partial charge in [-0.2, -0.15) is 0 Å². The molecule has 0 amide bonds. The summed E-state index contributed by atoms with van der Waals surface area (Å²) >= 11 is 0. The lowest BCUT2D eigenvalue weighted by Gasteiger charge is -2.36. The summed E-state index contributed by atoms with van der Waals surface area (Å²) in [5, 5.41) is 18.5. The van der Waals surface area contributed by atoms with Crippen molar-refractivity contribution >= 4 is 5.97 Å². The smallest absolute Gasteiger partial charge is 0.331 e. The normalized spacial score (nSPS) is 17.8. The number of carboxylic acid groups (broad SMARTS) is 1. The largest absolute Gasteiger partial charge is 0.479 e. The third kappa shape index (κ3) is 2.48. The SMILES string of the molecule is CCC=CN(C)[C@](C)(C(=O)O)[C@@H](C)O. The molecule has 2 atom stereocenters. The molecule has 0 radical (unpaired) electrons. The minimum atomic E-state index is -1.27. The maximum Gasteiger partial charge on any atom is 0.331 e. The predicted molar refractivity (Wildman–Crippen MR) is 54.9 cm³/mol. The third-order valence-corrected chi connectivity index (χ3v) is 2.54. The Balaban J connectivity index is 4.83. The highest BCUT2D eigenvalue weighted by atomic mass is 16.4. The van der Waals surface area contributed by atoms with E-state index in [1.165, 1.54) is 18.7 Å². The number of carboxylic acids is 1. The maximum atomic E-state index is 11.0. The summed E-state index contributed by atoms with van der Waals surface area (Å²) in [5.41, 5.74) is -1.27. The molecule has 0 rings (SSSR count). The Hall–Kier alpha value is -1.03. The lowest BCUT2D eigenvalue weighted by atomic mass is 9.94. The third-order valence-electron chi connectivity index (χ3n) is 2.54. The van der Waals surface area contributed by atoms with Gasteiger partial charge in [-0.25, -0.2) is 4.79 Å². The van der Waals surface area contributed by atoms with Gasteiger partial charge in [0.05, 0.1) is 6.10 Å². The molecule has 0 aromatic heterocycles. The first-order valence-corrected chi connectivity index (χ1v) is 4.68. The molecule has 4 nitrogen and oxygen atoms in total. The molecule has 0 aliphatic carbocycles. The summed E-state index contributed by atoms with van der Waals surface area (Å²) in [4.78, 5) is 12.5. The molecular weight excluding hydrogens is 182 g/mol. The van der Waals surface area contributed by atoms with Crippen LogP contribution in [-0.2, 0) is 4.79 Å². The highest BCUT2D eigenvalue weighted by Crippen LogP contribution is 2.19. The van der Waals surface area contributed by atoms with E-state index in [1.54, 1.807) is 13.2 Å². The minimum Gasteiger partial charge on any atom is -0.479 e. The summed E-state index contributed by atoms with van der Waals surface area (Å²) in [6.45, 7) is 4.94. The van der Waals surface area contributed by atoms with Crippen LogP contribution in [0.25, 0.3) is 0 Å². The van der Waals surface area contributed by atoms with Crippen LogP contribution < -0.4 is 0 Å². The zero-order chi connectivity index (χ0) is 11.4. The van der Waals surface area contributed by atoms with Crippen molar-refractivity contribution in [1.82, 2.24) is 4.90 Å². The Bertz CT molecular complexity index is 225. The summed E-state index contributed by atoms with van der Waals surface area (Å²) in [6.07, 6.45) is 3.43. The lowest BCUT2D eigenvalue weighted by Crippen LogP contribution is -2.55. The van der Waals surface area contributed by atoms with Crippen LogP contribution in [0.4, 0.5) is 0 Å². The van der Waals surface area contributed by atoms with Crippen molar-refractivity contribution in [2.24, 2.45) is 0 Å². The molecule has 0 aromatic carbocycles. The van der Waals surface area contributed by atoms with Crippen molar-refractivity contribution in [2.45, 2.75) is 38.8 Å². The molecule has 0 unspecified atom stereocenters. The molecule has 0 saturated carbocycles. The van der Waals surface area contributed by atoms with Crippen molar-refractivity contribution in [3.8, 4) is 0 Å². The summed E-state index contributed by atoms with van der Waals surface area (Å²) in [5.74, 6) is -1.03. The molecule has 0 aliphatic rings. The first kappa shape index (κ1) is 13.0. The van der Waals surface area contributed by atoms with E-state index < -0.39 is 17.6 Å². The second-order valence-electron chi connectivity index (χ2n) is 3.53. The van der Waals surface area contributed by atoms with Crippen molar-refractivity contribution < 1.29 is 15.0 Å². The zero-order valence-corrected chi connectivity index (χ0v) is 9.19. The van der Waals surface area contributed by atoms with Crippen molar-refractivity contribution in [1.29, 1.82) is 0 Å². The molecular formula is C10H19NO3. The number of aliphatic hydroxyl groups is 1. The second-order valence-corrected chi connectivity index (χ2v) is 3.53. The van der Waals surface area contributed by atoms with Gasteiger partial charge < -0.3 is 15.1 Å². The van der Waals surface area contributed by atoms with Crippen LogP contribution in [0, 0.1) is 0 Å². The number of aliphatic hydroxyl groups excluding tert-OH is 1. The molecule has 0 bridgehead atoms. The van der Waals surface area contributed by atoms with Crippen LogP contribution in [0.3, 0.4) is 0 Å². The number of carbonyl (C=O) groups is 1. The number of likely N-dealkylation sites (N-methyl/N-ethyl adjacent to an activating group) is 1. The number of hydrogen-bond acceptors (Lipinski definition) is 3. The van der Waals surface area contributed by atoms with E-state index >= 15 is 0 Å². The highest BCUT2D eigenvalue weighted by molar-refractivity contribution is 5.79. The molecule has 2 N–H and O–H groups in total. The fraction of sp³-hybridized carbons (Fsp3) is 0.700. The monoisotopic (exact) mass is 201 g/mol. The van der Waals surface area contributed by atoms with Crippen LogP contribution in [0.15, 0.2) is 12.3 Å². The molecule has 0 aromatic rings. The first-order chi connectivity index (χ1) is 6.37. The van der Waals surface area contributed by atoms with Gasteiger partial charge in [-0.15, -0.1) is 0 Å². The number of hydrogen-bond donors (Lipinski definition) is 2. The molecule has 4 heteroatoms. The molecule has 0 aliphatic heterocycles. The Morgan fingerprint density at radius 3 is 2.43 bits per heavy atom. The Morgan fingerprint density at radius 1 is 1.64 bits per heavy atom. The minimum absolute atomic E-state index is 0.833. The van der Waals surface area contributed by atoms with Crippen LogP contribution >= 0.6 is 0 Å². The predicted octanol–water partition coefficient (Wildman–Crippen LogP) is 1.07. The van der Waals surface area contributed by atoms with Crippen molar-refractivity contribution in [3.05, 3.63) is 12.3 Å². The summed E-state index contributed by atoms with van der Waals surface area (Å²) in [6, 6.07) is 0. The standard InChI is InChI=1S/C10H19NO3/c1-5-6-7-11(4)10(3,8(2)12)9(13)14/h6-8,12H,5H2,1-4H3,(H,13,14)/t8-,10+/m1/s1. The molecule has 0 spiro atoms. The second kappa shape index (κ2) is 5.00. The van der Waals surface area contributed by atoms with Crippen molar-refractivity contribution in [3.63, 3.8) is 0 Å². The van der Waals surface area contributed by atoms with Gasteiger partial charge in [0.2, 0.25) is 0 Å². The van der Waals surface area contributed by atoms with E-state index in [1.807, 2.05) is 13.0 Å². The molecule has 82 valence electrons. The van der Waals surface area contributed by atoms with Crippen LogP contribution in [0.2, 0.25) is 0 Å². The highest BCUT2D eigenvalue weighted by Gasteiger charge is 2.41. The molecule has 0 fully saturated rings. The summed E-state index contributed by atoms with van der Waals surface area (Å²) < 4.78 is 0. The van der Waals surface area contributed by atoms with Crippen LogP contribution in [0.5, 0.6) is 0 Å². The van der Waals surface area contributed by atoms with Gasteiger partial charge in [-0.1, -0.05) is 13.0 Å². The van der Waals surface area contributed by atoms with Crippen molar-refractivity contribution in [2.75, 3.05) is 7.05 Å². The van der Waals surface area contributed by atoms with Crippen LogP contribution in [0.1, 0.15) is 27.2 Å². The fourth-order valence-electron chi connectivity index (χ4n) is 1.04. The van der Waals surface area contributed by atoms with Gasteiger partial charge in [0.15, 0.2) is 5.54 Å². The van der Waals surface area contributed by atoms with Gasteiger partial charge in [0.1, 0.15) is 0 Å². The van der Waals surface area contributed by atoms with E-state index in [4.69, 9.17) is 5.11 Å². The number of aliphatic carboxylic acids is 1. The summed E-state index contributed by atoms with van der Waals surface area (Å²) in [7, 11) is 1.65. The fourth-order valence-corrected chi connectivity index (χ4v) is 1.04. The molecule has 0 heterocycles. The average molecular weight is 201 g/mol. The van der Waals surface area contributed by atoms with Gasteiger partial charge in [-0.05, 0) is 26.5 Å². The Morgan fingerprint density at radius 2 is 2.14 bits per heavy atom. The van der Waals surface area contributed by atoms with Crippen LogP contribution in [-0.4, -0.2) is 39.8 Å². The van der Waals surface area contributed by atoms with Gasteiger partial charge in [0.25, 0.3) is 0 Å². The van der Waals surface area contributed by atoms with Gasteiger partial charge >= 0.3 is 5.97 Å². The maximum absolute atomic E-state index is 11.0. The van der Waals surface area contributed by atoms with E-state index in [2.05, 4.69) is 0 Å². The zero-order valence-electron chi connectivity index (χ0n) is 9.19. The topological polar surface area (TPSA) is 60.8 Å². The number of nitrogens with zero attached hydrogens (tertiary/aromatic N) is 1. The number of allylic oxidation sites excluding steroid dienone is 1. The van der Waals surface area contributed by atoms with E-state index in [-0.39, 0.29) is 0 Å². The average Bonchev–Trinajstić information content (AvgIpc) is 2.11. The Labute approximate surface area is 84.8 Å². The quantitative estimate of drug-likeness (QED) is 0.698. The first-order valence-electron chi connectivity index (χ1n) is 4.68. The van der Waals surface area contributed by atoms with E-state index in [0.29, 0.717) is 0 Å². The number of rotatable bonds is 5. The Kier molecular flexibility index (Phi) is 4.63. The lowest BCUT2D eigenvalue weighted by molar-refractivity contribution is -0.154. The van der Waals surface area contributed by atoms with E-state index in [0.717, 1.165) is 6.42 Å².